The van der Waals surface area contributed by atoms with Gasteiger partial charge in [0, 0.05) is 23.4 Å². The van der Waals surface area contributed by atoms with Crippen molar-refractivity contribution >= 4 is 28.5 Å². The molecule has 0 fully saturated rings. The van der Waals surface area contributed by atoms with Gasteiger partial charge in [0.2, 0.25) is 0 Å². The molecule has 0 spiro atoms. The number of hydrogen-bond acceptors (Lipinski definition) is 5. The van der Waals surface area contributed by atoms with Crippen molar-refractivity contribution in [1.82, 2.24) is 5.01 Å². The Balaban J connectivity index is 1.55. The van der Waals surface area contributed by atoms with E-state index in [9.17, 15) is 9.90 Å². The number of methoxy groups -OCH3 is 2. The summed E-state index contributed by atoms with van der Waals surface area (Å²) in [5.41, 5.74) is 3.03. The lowest BCUT2D eigenvalue weighted by atomic mass is 9.95. The number of aromatic hydroxyl groups is 1. The second-order valence-corrected chi connectivity index (χ2v) is 8.49. The lowest BCUT2D eigenvalue weighted by Gasteiger charge is -2.21. The van der Waals surface area contributed by atoms with Gasteiger partial charge >= 0.3 is 0 Å². The number of carbonyl (C=O) groups excluding carboxylic acids is 1. The van der Waals surface area contributed by atoms with Crippen molar-refractivity contribution in [3.8, 4) is 17.2 Å². The second kappa shape index (κ2) is 9.96. The Bertz CT molecular complexity index is 1480. The number of amides is 1. The van der Waals surface area contributed by atoms with Gasteiger partial charge in [-0.1, -0.05) is 66.7 Å². The zero-order valence-corrected chi connectivity index (χ0v) is 20.1. The fourth-order valence-electron chi connectivity index (χ4n) is 4.49. The van der Waals surface area contributed by atoms with Gasteiger partial charge in [-0.3, -0.25) is 4.79 Å². The van der Waals surface area contributed by atoms with Crippen molar-refractivity contribution in [3.63, 3.8) is 0 Å². The quantitative estimate of drug-likeness (QED) is 0.348. The van der Waals surface area contributed by atoms with Crippen LogP contribution in [0.1, 0.15) is 29.2 Å². The number of fused-ring (bicyclic) bond motifs is 1. The van der Waals surface area contributed by atoms with Crippen molar-refractivity contribution in [2.75, 3.05) is 14.2 Å². The van der Waals surface area contributed by atoms with Crippen molar-refractivity contribution in [1.29, 1.82) is 0 Å². The van der Waals surface area contributed by atoms with Gasteiger partial charge in [0.25, 0.3) is 5.91 Å². The van der Waals surface area contributed by atoms with E-state index in [1.807, 2.05) is 84.9 Å². The molecule has 1 atom stereocenters. The van der Waals surface area contributed by atoms with Crippen molar-refractivity contribution in [3.05, 3.63) is 108 Å². The highest BCUT2D eigenvalue weighted by Crippen LogP contribution is 2.39. The zero-order valence-electron chi connectivity index (χ0n) is 20.1. The first-order chi connectivity index (χ1) is 17.6. The predicted octanol–water partition coefficient (Wildman–Crippen LogP) is 5.95. The summed E-state index contributed by atoms with van der Waals surface area (Å²) in [6.07, 6.45) is 3.73. The Kier molecular flexibility index (Phi) is 6.41. The summed E-state index contributed by atoms with van der Waals surface area (Å²) in [7, 11) is 3.16. The fourth-order valence-corrected chi connectivity index (χ4v) is 4.49. The molecule has 4 aromatic carbocycles. The molecule has 1 unspecified atom stereocenters. The average molecular weight is 479 g/mol. The SMILES string of the molecule is COc1ccc(C2CC(c3ccc4ccccc4c3O)=NN2C(=O)C=Cc2ccccc2)cc1OC. The zero-order chi connectivity index (χ0) is 25.1. The highest BCUT2D eigenvalue weighted by Gasteiger charge is 2.34. The topological polar surface area (TPSA) is 71.4 Å². The van der Waals surface area contributed by atoms with Crippen molar-refractivity contribution in [2.45, 2.75) is 12.5 Å². The lowest BCUT2D eigenvalue weighted by molar-refractivity contribution is -0.127. The number of hydrogen-bond donors (Lipinski definition) is 1. The minimum absolute atomic E-state index is 0.159. The molecule has 6 heteroatoms. The van der Waals surface area contributed by atoms with Crippen LogP contribution in [0.5, 0.6) is 17.2 Å². The van der Waals surface area contributed by atoms with E-state index in [0.29, 0.717) is 29.2 Å². The minimum atomic E-state index is -0.376. The Morgan fingerprint density at radius 2 is 1.69 bits per heavy atom. The van der Waals surface area contributed by atoms with E-state index in [-0.39, 0.29) is 17.7 Å². The molecule has 6 nitrogen and oxygen atoms in total. The molecule has 5 rings (SSSR count). The summed E-state index contributed by atoms with van der Waals surface area (Å²) >= 11 is 0. The summed E-state index contributed by atoms with van der Waals surface area (Å²) in [4.78, 5) is 13.4. The second-order valence-electron chi connectivity index (χ2n) is 8.49. The van der Waals surface area contributed by atoms with Crippen LogP contribution in [-0.4, -0.2) is 36.0 Å². The van der Waals surface area contributed by atoms with Crippen molar-refractivity contribution in [2.24, 2.45) is 5.10 Å². The molecule has 1 aliphatic rings. The van der Waals surface area contributed by atoms with Crippen LogP contribution in [0.4, 0.5) is 0 Å². The first kappa shape index (κ1) is 23.2. The van der Waals surface area contributed by atoms with Gasteiger partial charge < -0.3 is 14.6 Å². The van der Waals surface area contributed by atoms with Crippen LogP contribution < -0.4 is 9.47 Å². The number of rotatable bonds is 6. The van der Waals surface area contributed by atoms with Gasteiger partial charge in [0.1, 0.15) is 5.75 Å². The molecule has 1 heterocycles. The third-order valence-electron chi connectivity index (χ3n) is 6.36. The maximum atomic E-state index is 13.4. The van der Waals surface area contributed by atoms with Crippen LogP contribution in [0.25, 0.3) is 16.8 Å². The first-order valence-corrected chi connectivity index (χ1v) is 11.7. The van der Waals surface area contributed by atoms with Gasteiger partial charge in [-0.05, 0) is 40.8 Å². The van der Waals surface area contributed by atoms with E-state index in [4.69, 9.17) is 14.6 Å². The summed E-state index contributed by atoms with van der Waals surface area (Å²) in [6.45, 7) is 0. The van der Waals surface area contributed by atoms with Crippen molar-refractivity contribution < 1.29 is 19.4 Å². The molecule has 0 saturated heterocycles. The number of nitrogens with zero attached hydrogens (tertiary/aromatic N) is 2. The van der Waals surface area contributed by atoms with Gasteiger partial charge in [-0.25, -0.2) is 5.01 Å². The average Bonchev–Trinajstić information content (AvgIpc) is 3.37. The summed E-state index contributed by atoms with van der Waals surface area (Å²) < 4.78 is 10.9. The van der Waals surface area contributed by atoms with E-state index in [1.54, 1.807) is 20.3 Å². The molecule has 0 aromatic heterocycles. The maximum Gasteiger partial charge on any atom is 0.267 e. The molecule has 0 aliphatic carbocycles. The standard InChI is InChI=1S/C30H26N2O4/c1-35-27-16-14-22(18-28(27)36-2)26-19-25(24-15-13-21-10-6-7-11-23(21)30(24)34)31-32(26)29(33)17-12-20-8-4-3-5-9-20/h3-18,26,34H,19H2,1-2H3. The number of carbonyl (C=O) groups is 1. The lowest BCUT2D eigenvalue weighted by Crippen LogP contribution is -2.25. The first-order valence-electron chi connectivity index (χ1n) is 11.7. The highest BCUT2D eigenvalue weighted by molar-refractivity contribution is 6.09. The molecule has 1 amide bonds. The summed E-state index contributed by atoms with van der Waals surface area (Å²) in [5, 5.41) is 18.9. The molecule has 36 heavy (non-hydrogen) atoms. The Morgan fingerprint density at radius 3 is 2.47 bits per heavy atom. The number of ether oxygens (including phenoxy) is 2. The number of phenols is 1. The normalized spacial score (nSPS) is 15.3. The molecule has 0 radical (unpaired) electrons. The third kappa shape index (κ3) is 4.41. The minimum Gasteiger partial charge on any atom is -0.507 e. The number of benzene rings is 4. The van der Waals surface area contributed by atoms with Gasteiger partial charge in [0.05, 0.1) is 26.0 Å². The van der Waals surface area contributed by atoms with E-state index in [2.05, 4.69) is 0 Å². The molecule has 0 bridgehead atoms. The van der Waals surface area contributed by atoms with E-state index in [0.717, 1.165) is 21.9 Å². The monoisotopic (exact) mass is 478 g/mol. The fraction of sp³-hybridized carbons (Fsp3) is 0.133. The van der Waals surface area contributed by atoms with E-state index >= 15 is 0 Å². The van der Waals surface area contributed by atoms with Gasteiger partial charge in [-0.15, -0.1) is 0 Å². The molecule has 4 aromatic rings. The van der Waals surface area contributed by atoms with Gasteiger partial charge in [-0.2, -0.15) is 5.10 Å². The third-order valence-corrected chi connectivity index (χ3v) is 6.36. The molecular formula is C30H26N2O4. The predicted molar refractivity (Wildman–Crippen MR) is 141 cm³/mol. The maximum absolute atomic E-state index is 13.4. The highest BCUT2D eigenvalue weighted by atomic mass is 16.5. The number of phenolic OH excluding ortho intramolecular Hbond substituents is 1. The summed E-state index contributed by atoms with van der Waals surface area (Å²) in [6, 6.07) is 26.3. The molecule has 180 valence electrons. The largest absolute Gasteiger partial charge is 0.507 e. The molecule has 1 N–H and O–H groups in total. The smallest absolute Gasteiger partial charge is 0.267 e. The Hall–Kier alpha value is -4.58. The van der Waals surface area contributed by atoms with Crippen LogP contribution in [0.3, 0.4) is 0 Å². The Labute approximate surface area is 209 Å². The van der Waals surface area contributed by atoms with Crippen LogP contribution in [-0.2, 0) is 4.79 Å². The number of hydrazone groups is 1. The van der Waals surface area contributed by atoms with Crippen LogP contribution in [0.15, 0.2) is 96.1 Å². The van der Waals surface area contributed by atoms with Crippen LogP contribution in [0, 0.1) is 0 Å². The van der Waals surface area contributed by atoms with Crippen LogP contribution in [0.2, 0.25) is 0 Å². The summed E-state index contributed by atoms with van der Waals surface area (Å²) in [5.74, 6) is 1.08. The van der Waals surface area contributed by atoms with Gasteiger partial charge in [0.15, 0.2) is 11.5 Å². The Morgan fingerprint density at radius 1 is 0.944 bits per heavy atom. The van der Waals surface area contributed by atoms with E-state index in [1.165, 1.54) is 11.1 Å². The molecular weight excluding hydrogens is 452 g/mol. The molecule has 1 aliphatic heterocycles. The van der Waals surface area contributed by atoms with E-state index < -0.39 is 0 Å². The molecule has 0 saturated carbocycles. The van der Waals surface area contributed by atoms with Crippen LogP contribution >= 0.6 is 0 Å².